The van der Waals surface area contributed by atoms with E-state index in [4.69, 9.17) is 5.11 Å². The zero-order valence-corrected chi connectivity index (χ0v) is 6.80. The Labute approximate surface area is 66.5 Å². The first-order valence-electron chi connectivity index (χ1n) is 4.00. The number of aromatic nitrogens is 2. The van der Waals surface area contributed by atoms with Gasteiger partial charge in [-0.3, -0.25) is 0 Å². The van der Waals surface area contributed by atoms with Crippen molar-refractivity contribution < 1.29 is 5.11 Å². The van der Waals surface area contributed by atoms with Gasteiger partial charge in [0.25, 0.3) is 0 Å². The first-order chi connectivity index (χ1) is 5.36. The van der Waals surface area contributed by atoms with Crippen molar-refractivity contribution in [3.8, 4) is 0 Å². The molecule has 0 aliphatic rings. The molecule has 1 aromatic rings. The van der Waals surface area contributed by atoms with Crippen LogP contribution in [0.15, 0.2) is 6.20 Å². The molecule has 0 aliphatic carbocycles. The Morgan fingerprint density at radius 1 is 1.64 bits per heavy atom. The maximum absolute atomic E-state index is 8.71. The molecule has 0 bridgehead atoms. The highest BCUT2D eigenvalue weighted by Crippen LogP contribution is 2.01. The van der Waals surface area contributed by atoms with E-state index in [1.54, 1.807) is 6.20 Å². The minimum Gasteiger partial charge on any atom is -0.390 e. The summed E-state index contributed by atoms with van der Waals surface area (Å²) in [4.78, 5) is 7.15. The lowest BCUT2D eigenvalue weighted by molar-refractivity contribution is 0.277. The summed E-state index contributed by atoms with van der Waals surface area (Å²) in [6.45, 7) is 2.20. The number of hydrogen-bond acceptors (Lipinski definition) is 2. The summed E-state index contributed by atoms with van der Waals surface area (Å²) in [5.74, 6) is 0.982. The number of aryl methyl sites for hydroxylation is 1. The van der Waals surface area contributed by atoms with E-state index in [1.165, 1.54) is 6.42 Å². The number of rotatable bonds is 4. The molecule has 0 fully saturated rings. The number of nitrogens with zero attached hydrogens (tertiary/aromatic N) is 1. The second-order valence-corrected chi connectivity index (χ2v) is 2.62. The van der Waals surface area contributed by atoms with Gasteiger partial charge in [-0.1, -0.05) is 13.3 Å². The number of aromatic amines is 1. The summed E-state index contributed by atoms with van der Waals surface area (Å²) in [6, 6.07) is 0. The fourth-order valence-electron chi connectivity index (χ4n) is 0.957. The van der Waals surface area contributed by atoms with Crippen LogP contribution in [0.25, 0.3) is 0 Å². The lowest BCUT2D eigenvalue weighted by atomic mass is 10.2. The Kier molecular flexibility index (Phi) is 3.11. The highest BCUT2D eigenvalue weighted by Gasteiger charge is 1.97. The quantitative estimate of drug-likeness (QED) is 0.685. The van der Waals surface area contributed by atoms with E-state index >= 15 is 0 Å². The van der Waals surface area contributed by atoms with E-state index in [-0.39, 0.29) is 6.61 Å². The Hall–Kier alpha value is -0.830. The monoisotopic (exact) mass is 154 g/mol. The van der Waals surface area contributed by atoms with Crippen LogP contribution in [0.2, 0.25) is 0 Å². The predicted octanol–water partition coefficient (Wildman–Crippen LogP) is 1.24. The summed E-state index contributed by atoms with van der Waals surface area (Å²) in [7, 11) is 0. The molecule has 2 N–H and O–H groups in total. The summed E-state index contributed by atoms with van der Waals surface area (Å²) >= 11 is 0. The lowest BCUT2D eigenvalue weighted by Crippen LogP contribution is -1.88. The molecule has 1 aromatic heterocycles. The maximum atomic E-state index is 8.71. The molecule has 0 unspecified atom stereocenters. The van der Waals surface area contributed by atoms with Crippen molar-refractivity contribution in [2.75, 3.05) is 0 Å². The van der Waals surface area contributed by atoms with E-state index in [0.717, 1.165) is 24.4 Å². The zero-order valence-electron chi connectivity index (χ0n) is 6.80. The van der Waals surface area contributed by atoms with Crippen molar-refractivity contribution in [3.63, 3.8) is 0 Å². The molecule has 62 valence electrons. The molecule has 11 heavy (non-hydrogen) atoms. The highest BCUT2D eigenvalue weighted by atomic mass is 16.3. The number of nitrogens with one attached hydrogen (secondary N) is 1. The van der Waals surface area contributed by atoms with Crippen molar-refractivity contribution in [2.24, 2.45) is 0 Å². The van der Waals surface area contributed by atoms with Crippen LogP contribution < -0.4 is 0 Å². The number of H-pyrrole nitrogens is 1. The van der Waals surface area contributed by atoms with Gasteiger partial charge in [0.15, 0.2) is 0 Å². The zero-order chi connectivity index (χ0) is 8.10. The van der Waals surface area contributed by atoms with E-state index < -0.39 is 0 Å². The van der Waals surface area contributed by atoms with E-state index in [2.05, 4.69) is 16.9 Å². The van der Waals surface area contributed by atoms with E-state index in [1.807, 2.05) is 0 Å². The molecule has 0 saturated heterocycles. The van der Waals surface area contributed by atoms with Gasteiger partial charge in [0.2, 0.25) is 0 Å². The molecular formula is C8H14N2O. The van der Waals surface area contributed by atoms with Gasteiger partial charge in [-0.25, -0.2) is 4.98 Å². The Balaban J connectivity index is 2.44. The van der Waals surface area contributed by atoms with Crippen molar-refractivity contribution in [1.29, 1.82) is 0 Å². The third kappa shape index (κ3) is 2.35. The van der Waals surface area contributed by atoms with Gasteiger partial charge >= 0.3 is 0 Å². The minimum atomic E-state index is 0.0547. The van der Waals surface area contributed by atoms with Gasteiger partial charge in [-0.15, -0.1) is 0 Å². The molecule has 1 heterocycles. The topological polar surface area (TPSA) is 48.9 Å². The van der Waals surface area contributed by atoms with Crippen molar-refractivity contribution in [1.82, 2.24) is 9.97 Å². The van der Waals surface area contributed by atoms with Crippen molar-refractivity contribution in [2.45, 2.75) is 32.8 Å². The van der Waals surface area contributed by atoms with Crippen LogP contribution in [0.5, 0.6) is 0 Å². The van der Waals surface area contributed by atoms with Crippen molar-refractivity contribution in [3.05, 3.63) is 17.7 Å². The smallest absolute Gasteiger partial charge is 0.106 e. The first-order valence-corrected chi connectivity index (χ1v) is 4.00. The van der Waals surface area contributed by atoms with E-state index in [9.17, 15) is 0 Å². The molecular weight excluding hydrogens is 140 g/mol. The summed E-state index contributed by atoms with van der Waals surface area (Å²) < 4.78 is 0. The SMILES string of the molecule is CCCCc1ncc(CO)[nH]1. The van der Waals surface area contributed by atoms with E-state index in [0.29, 0.717) is 0 Å². The Bertz CT molecular complexity index is 208. The second kappa shape index (κ2) is 4.13. The van der Waals surface area contributed by atoms with Gasteiger partial charge in [0.05, 0.1) is 18.5 Å². The fraction of sp³-hybridized carbons (Fsp3) is 0.625. The Morgan fingerprint density at radius 3 is 3.00 bits per heavy atom. The molecule has 1 rings (SSSR count). The number of unbranched alkanes of at least 4 members (excludes halogenated alkanes) is 1. The van der Waals surface area contributed by atoms with Gasteiger partial charge in [0, 0.05) is 6.42 Å². The molecule has 0 aromatic carbocycles. The van der Waals surface area contributed by atoms with Crippen LogP contribution in [0.1, 0.15) is 31.3 Å². The molecule has 3 nitrogen and oxygen atoms in total. The molecule has 0 amide bonds. The van der Waals surface area contributed by atoms with Crippen LogP contribution in [-0.4, -0.2) is 15.1 Å². The standard InChI is InChI=1S/C8H14N2O/c1-2-3-4-8-9-5-7(6-11)10-8/h5,11H,2-4,6H2,1H3,(H,9,10). The molecule has 0 atom stereocenters. The Morgan fingerprint density at radius 2 is 2.45 bits per heavy atom. The molecule has 0 saturated carbocycles. The van der Waals surface area contributed by atoms with Crippen molar-refractivity contribution >= 4 is 0 Å². The van der Waals surface area contributed by atoms with Crippen LogP contribution in [0.4, 0.5) is 0 Å². The summed E-state index contributed by atoms with van der Waals surface area (Å²) in [6.07, 6.45) is 5.00. The lowest BCUT2D eigenvalue weighted by Gasteiger charge is -1.92. The van der Waals surface area contributed by atoms with Crippen LogP contribution >= 0.6 is 0 Å². The minimum absolute atomic E-state index is 0.0547. The fourth-order valence-corrected chi connectivity index (χ4v) is 0.957. The van der Waals surface area contributed by atoms with Gasteiger partial charge in [0.1, 0.15) is 5.82 Å². The largest absolute Gasteiger partial charge is 0.390 e. The highest BCUT2D eigenvalue weighted by molar-refractivity contribution is 4.99. The third-order valence-corrected chi connectivity index (χ3v) is 1.62. The van der Waals surface area contributed by atoms with Crippen LogP contribution in [0, 0.1) is 0 Å². The number of aliphatic hydroxyl groups excluding tert-OH is 1. The van der Waals surface area contributed by atoms with Gasteiger partial charge in [-0.2, -0.15) is 0 Å². The average Bonchev–Trinajstić information content (AvgIpc) is 2.48. The summed E-state index contributed by atoms with van der Waals surface area (Å²) in [5, 5.41) is 8.71. The maximum Gasteiger partial charge on any atom is 0.106 e. The molecule has 0 radical (unpaired) electrons. The predicted molar refractivity (Wildman–Crippen MR) is 43.1 cm³/mol. The third-order valence-electron chi connectivity index (χ3n) is 1.62. The first kappa shape index (κ1) is 8.27. The molecule has 0 aliphatic heterocycles. The van der Waals surface area contributed by atoms with Crippen LogP contribution in [0.3, 0.4) is 0 Å². The van der Waals surface area contributed by atoms with Gasteiger partial charge in [-0.05, 0) is 6.42 Å². The average molecular weight is 154 g/mol. The number of imidazole rings is 1. The molecule has 3 heteroatoms. The van der Waals surface area contributed by atoms with Crippen LogP contribution in [-0.2, 0) is 13.0 Å². The number of aliphatic hydroxyl groups is 1. The second-order valence-electron chi connectivity index (χ2n) is 2.62. The normalized spacial score (nSPS) is 10.4. The molecule has 0 spiro atoms. The van der Waals surface area contributed by atoms with Gasteiger partial charge < -0.3 is 10.1 Å². The number of hydrogen-bond donors (Lipinski definition) is 2. The summed E-state index contributed by atoms with van der Waals surface area (Å²) in [5.41, 5.74) is 0.802.